The van der Waals surface area contributed by atoms with Crippen LogP contribution in [-0.4, -0.2) is 51.7 Å². The highest BCUT2D eigenvalue weighted by atomic mass is 32.1. The molecule has 2 N–H and O–H groups in total. The molecule has 1 aliphatic heterocycles. The molecule has 0 radical (unpaired) electrons. The van der Waals surface area contributed by atoms with Gasteiger partial charge in [-0.3, -0.25) is 19.1 Å². The molecule has 1 saturated carbocycles. The molecule has 180 valence electrons. The number of rotatable bonds is 5. The summed E-state index contributed by atoms with van der Waals surface area (Å²) < 4.78 is 7.78. The third-order valence-corrected chi connectivity index (χ3v) is 7.52. The minimum Gasteiger partial charge on any atom is -0.378 e. The first-order chi connectivity index (χ1) is 17.0. The number of amides is 1. The number of aryl methyl sites for hydroxylation is 1. The number of ether oxygens (including phenoxy) is 1. The number of aromatic nitrogens is 4. The number of fused-ring (bicyclic) bond motifs is 2. The SMILES string of the molecule is CCn1c(=O)[nH]c(=O)c2c(C(=O)Nc3ccc4nc(N5CCOCC5)sc4c3)cc(C3CC3)nc21. The van der Waals surface area contributed by atoms with Crippen molar-refractivity contribution in [2.24, 2.45) is 0 Å². The second-order valence-electron chi connectivity index (χ2n) is 8.80. The van der Waals surface area contributed by atoms with E-state index in [4.69, 9.17) is 9.72 Å². The highest BCUT2D eigenvalue weighted by molar-refractivity contribution is 7.22. The van der Waals surface area contributed by atoms with Gasteiger partial charge in [-0.1, -0.05) is 11.3 Å². The molecule has 2 fully saturated rings. The van der Waals surface area contributed by atoms with Crippen LogP contribution < -0.4 is 21.5 Å². The minimum atomic E-state index is -0.609. The topological polar surface area (TPSA) is 122 Å². The van der Waals surface area contributed by atoms with Crippen LogP contribution in [0.1, 0.15) is 41.7 Å². The van der Waals surface area contributed by atoms with E-state index >= 15 is 0 Å². The van der Waals surface area contributed by atoms with Gasteiger partial charge in [-0.25, -0.2) is 14.8 Å². The van der Waals surface area contributed by atoms with Crippen molar-refractivity contribution in [3.8, 4) is 0 Å². The number of morpholine rings is 1. The average molecular weight is 493 g/mol. The summed E-state index contributed by atoms with van der Waals surface area (Å²) in [5, 5.41) is 4.00. The lowest BCUT2D eigenvalue weighted by Gasteiger charge is -2.25. The predicted molar refractivity (Wildman–Crippen MR) is 135 cm³/mol. The summed E-state index contributed by atoms with van der Waals surface area (Å²) in [7, 11) is 0. The first-order valence-electron chi connectivity index (χ1n) is 11.7. The number of carbonyl (C=O) groups excluding carboxylic acids is 1. The zero-order valence-corrected chi connectivity index (χ0v) is 20.0. The van der Waals surface area contributed by atoms with Crippen LogP contribution >= 0.6 is 11.3 Å². The van der Waals surface area contributed by atoms with E-state index in [0.29, 0.717) is 25.4 Å². The molecule has 0 bridgehead atoms. The Balaban J connectivity index is 1.38. The fraction of sp³-hybridized carbons (Fsp3) is 0.375. The summed E-state index contributed by atoms with van der Waals surface area (Å²) in [5.74, 6) is -0.166. The van der Waals surface area contributed by atoms with Crippen molar-refractivity contribution in [2.45, 2.75) is 32.2 Å². The van der Waals surface area contributed by atoms with Crippen molar-refractivity contribution in [1.82, 2.24) is 19.5 Å². The maximum Gasteiger partial charge on any atom is 0.329 e. The molecule has 4 heterocycles. The lowest BCUT2D eigenvalue weighted by Crippen LogP contribution is -2.36. The molecule has 1 aliphatic carbocycles. The Morgan fingerprint density at radius 2 is 2.00 bits per heavy atom. The molecule has 6 rings (SSSR count). The fourth-order valence-corrected chi connectivity index (χ4v) is 5.49. The molecule has 0 unspecified atom stereocenters. The van der Waals surface area contributed by atoms with Crippen LogP contribution in [0.3, 0.4) is 0 Å². The van der Waals surface area contributed by atoms with E-state index in [0.717, 1.165) is 47.0 Å². The van der Waals surface area contributed by atoms with Gasteiger partial charge in [-0.2, -0.15) is 0 Å². The van der Waals surface area contributed by atoms with Crippen molar-refractivity contribution >= 4 is 49.3 Å². The van der Waals surface area contributed by atoms with Gasteiger partial charge in [0, 0.05) is 36.9 Å². The van der Waals surface area contributed by atoms with Crippen molar-refractivity contribution in [1.29, 1.82) is 0 Å². The molecule has 0 spiro atoms. The van der Waals surface area contributed by atoms with Gasteiger partial charge in [0.25, 0.3) is 11.5 Å². The van der Waals surface area contributed by atoms with E-state index in [1.165, 1.54) is 4.57 Å². The number of thiazole rings is 1. The number of aromatic amines is 1. The van der Waals surface area contributed by atoms with Crippen LogP contribution in [0.15, 0.2) is 33.9 Å². The van der Waals surface area contributed by atoms with Crippen LogP contribution in [0.5, 0.6) is 0 Å². The maximum absolute atomic E-state index is 13.4. The average Bonchev–Trinajstić information content (AvgIpc) is 3.63. The number of hydrogen-bond donors (Lipinski definition) is 2. The molecule has 1 saturated heterocycles. The monoisotopic (exact) mass is 492 g/mol. The van der Waals surface area contributed by atoms with Crippen LogP contribution in [0.25, 0.3) is 21.3 Å². The second kappa shape index (κ2) is 8.58. The number of anilines is 2. The summed E-state index contributed by atoms with van der Waals surface area (Å²) >= 11 is 1.57. The van der Waals surface area contributed by atoms with Crippen molar-refractivity contribution < 1.29 is 9.53 Å². The molecule has 4 aromatic rings. The van der Waals surface area contributed by atoms with Crippen molar-refractivity contribution in [2.75, 3.05) is 36.5 Å². The van der Waals surface area contributed by atoms with Gasteiger partial charge in [0.05, 0.1) is 34.4 Å². The largest absolute Gasteiger partial charge is 0.378 e. The Morgan fingerprint density at radius 1 is 1.20 bits per heavy atom. The Kier molecular flexibility index (Phi) is 5.37. The number of nitrogens with zero attached hydrogens (tertiary/aromatic N) is 4. The maximum atomic E-state index is 13.4. The van der Waals surface area contributed by atoms with Crippen LogP contribution in [0, 0.1) is 0 Å². The standard InChI is InChI=1S/C24H24N6O4S/c1-2-30-20-19(22(32)28-23(30)33)15(12-17(26-20)13-3-4-13)21(31)25-14-5-6-16-18(11-14)35-24(27-16)29-7-9-34-10-8-29/h5-6,11-13H,2-4,7-10H2,1H3,(H,25,31)(H,28,32,33). The van der Waals surface area contributed by atoms with Gasteiger partial charge in [-0.15, -0.1) is 0 Å². The normalized spacial score (nSPS) is 16.2. The molecular weight excluding hydrogens is 468 g/mol. The molecule has 11 heteroatoms. The highest BCUT2D eigenvalue weighted by Crippen LogP contribution is 2.40. The Hall–Kier alpha value is -3.57. The second-order valence-corrected chi connectivity index (χ2v) is 9.81. The predicted octanol–water partition coefficient (Wildman–Crippen LogP) is 2.68. The fourth-order valence-electron chi connectivity index (χ4n) is 4.43. The van der Waals surface area contributed by atoms with E-state index in [9.17, 15) is 14.4 Å². The first-order valence-corrected chi connectivity index (χ1v) is 12.6. The Labute approximate surface area is 203 Å². The third-order valence-electron chi connectivity index (χ3n) is 6.44. The van der Waals surface area contributed by atoms with Gasteiger partial charge in [0.1, 0.15) is 0 Å². The molecular formula is C24H24N6O4S. The molecule has 1 amide bonds. The summed E-state index contributed by atoms with van der Waals surface area (Å²) in [6, 6.07) is 7.27. The molecule has 3 aromatic heterocycles. The highest BCUT2D eigenvalue weighted by Gasteiger charge is 2.28. The van der Waals surface area contributed by atoms with Crippen molar-refractivity contribution in [3.63, 3.8) is 0 Å². The van der Waals surface area contributed by atoms with E-state index in [1.54, 1.807) is 30.4 Å². The lowest BCUT2D eigenvalue weighted by molar-refractivity contribution is 0.102. The number of nitrogens with one attached hydrogen (secondary N) is 2. The summed E-state index contributed by atoms with van der Waals surface area (Å²) in [5.41, 5.74) is 1.55. The van der Waals surface area contributed by atoms with Gasteiger partial charge < -0.3 is 15.0 Å². The van der Waals surface area contributed by atoms with Crippen molar-refractivity contribution in [3.05, 3.63) is 56.4 Å². The number of hydrogen-bond acceptors (Lipinski definition) is 8. The summed E-state index contributed by atoms with van der Waals surface area (Å²) in [6.07, 6.45) is 1.96. The summed E-state index contributed by atoms with van der Waals surface area (Å²) in [4.78, 5) is 52.4. The number of H-pyrrole nitrogens is 1. The molecule has 2 aliphatic rings. The Morgan fingerprint density at radius 3 is 2.74 bits per heavy atom. The van der Waals surface area contributed by atoms with Gasteiger partial charge in [0.15, 0.2) is 10.8 Å². The molecule has 10 nitrogen and oxygen atoms in total. The Bertz CT molecular complexity index is 1580. The van der Waals surface area contributed by atoms with Gasteiger partial charge >= 0.3 is 5.69 Å². The number of pyridine rings is 1. The van der Waals surface area contributed by atoms with E-state index < -0.39 is 17.2 Å². The van der Waals surface area contributed by atoms with Gasteiger partial charge in [-0.05, 0) is 44.0 Å². The van der Waals surface area contributed by atoms with E-state index in [-0.39, 0.29) is 22.5 Å². The molecule has 0 atom stereocenters. The van der Waals surface area contributed by atoms with Gasteiger partial charge in [0.2, 0.25) is 0 Å². The zero-order chi connectivity index (χ0) is 24.1. The van der Waals surface area contributed by atoms with Crippen LogP contribution in [0.4, 0.5) is 10.8 Å². The molecule has 35 heavy (non-hydrogen) atoms. The number of carbonyl (C=O) groups is 1. The number of benzene rings is 1. The smallest absolute Gasteiger partial charge is 0.329 e. The van der Waals surface area contributed by atoms with Crippen LogP contribution in [-0.2, 0) is 11.3 Å². The summed E-state index contributed by atoms with van der Waals surface area (Å²) in [6.45, 7) is 5.12. The molecule has 1 aromatic carbocycles. The van der Waals surface area contributed by atoms with Crippen LogP contribution in [0.2, 0.25) is 0 Å². The zero-order valence-electron chi connectivity index (χ0n) is 19.2. The third kappa shape index (κ3) is 4.00. The minimum absolute atomic E-state index is 0.127. The first kappa shape index (κ1) is 21.9. The quantitative estimate of drug-likeness (QED) is 0.439. The van der Waals surface area contributed by atoms with E-state index in [2.05, 4.69) is 20.2 Å². The van der Waals surface area contributed by atoms with E-state index in [1.807, 2.05) is 12.1 Å². The lowest BCUT2D eigenvalue weighted by atomic mass is 10.1.